The number of fused-ring (bicyclic) bond motifs is 1. The van der Waals surface area contributed by atoms with Crippen molar-refractivity contribution in [2.75, 3.05) is 0 Å². The van der Waals surface area contributed by atoms with Crippen LogP contribution in [0.25, 0.3) is 0 Å². The number of halogens is 1. The van der Waals surface area contributed by atoms with Crippen LogP contribution in [0.15, 0.2) is 18.2 Å². The highest BCUT2D eigenvalue weighted by molar-refractivity contribution is 5.39. The molecule has 1 unspecified atom stereocenters. The number of hydrogen-bond donors (Lipinski definition) is 1. The Kier molecular flexibility index (Phi) is 4.46. The van der Waals surface area contributed by atoms with Crippen LogP contribution in [0.3, 0.4) is 0 Å². The van der Waals surface area contributed by atoms with Gasteiger partial charge in [-0.3, -0.25) is 0 Å². The van der Waals surface area contributed by atoms with E-state index >= 15 is 0 Å². The highest BCUT2D eigenvalue weighted by Gasteiger charge is 2.35. The van der Waals surface area contributed by atoms with Gasteiger partial charge in [-0.05, 0) is 38.0 Å². The molecule has 0 saturated heterocycles. The van der Waals surface area contributed by atoms with Gasteiger partial charge in [0.15, 0.2) is 0 Å². The van der Waals surface area contributed by atoms with Crippen LogP contribution >= 0.6 is 0 Å². The van der Waals surface area contributed by atoms with Crippen LogP contribution in [0.5, 0.6) is 5.75 Å². The summed E-state index contributed by atoms with van der Waals surface area (Å²) in [5.41, 5.74) is 6.76. The molecule has 1 heterocycles. The molecule has 19 heavy (non-hydrogen) atoms. The number of hydrogen-bond acceptors (Lipinski definition) is 2. The summed E-state index contributed by atoms with van der Waals surface area (Å²) in [5.74, 6) is 0.502. The van der Waals surface area contributed by atoms with E-state index in [1.807, 2.05) is 0 Å². The Labute approximate surface area is 115 Å². The molecule has 0 bridgehead atoms. The average Bonchev–Trinajstić information content (AvgIpc) is 2.36. The zero-order valence-electron chi connectivity index (χ0n) is 11.9. The van der Waals surface area contributed by atoms with Crippen LogP contribution in [0.1, 0.15) is 64.0 Å². The molecule has 3 heteroatoms. The third-order valence-corrected chi connectivity index (χ3v) is 3.94. The largest absolute Gasteiger partial charge is 0.487 e. The van der Waals surface area contributed by atoms with Crippen LogP contribution in [0.2, 0.25) is 0 Å². The lowest BCUT2D eigenvalue weighted by Crippen LogP contribution is -2.40. The van der Waals surface area contributed by atoms with Crippen molar-refractivity contribution >= 4 is 0 Å². The van der Waals surface area contributed by atoms with E-state index in [2.05, 4.69) is 13.8 Å². The molecule has 1 aliphatic rings. The van der Waals surface area contributed by atoms with Gasteiger partial charge in [0.2, 0.25) is 0 Å². The Morgan fingerprint density at radius 1 is 1.37 bits per heavy atom. The van der Waals surface area contributed by atoms with Crippen molar-refractivity contribution in [1.82, 2.24) is 0 Å². The lowest BCUT2D eigenvalue weighted by Gasteiger charge is -2.39. The van der Waals surface area contributed by atoms with Crippen molar-refractivity contribution in [3.05, 3.63) is 29.6 Å². The number of rotatable bonds is 5. The van der Waals surface area contributed by atoms with Crippen LogP contribution in [-0.2, 0) is 0 Å². The van der Waals surface area contributed by atoms with E-state index in [9.17, 15) is 4.39 Å². The maximum Gasteiger partial charge on any atom is 0.125 e. The second-order valence-corrected chi connectivity index (χ2v) is 5.86. The first-order valence-corrected chi connectivity index (χ1v) is 7.28. The standard InChI is InChI=1S/C16H24FNO/c1-3-4-5-6-9-16(2)11-14(18)13-10-12(17)7-8-15(13)19-16/h7-8,10,14H,3-6,9,11,18H2,1-2H3/t14-,16?/m1/s1. The Balaban J connectivity index is 2.04. The average molecular weight is 265 g/mol. The van der Waals surface area contributed by atoms with Crippen molar-refractivity contribution in [3.8, 4) is 5.75 Å². The minimum atomic E-state index is -0.246. The van der Waals surface area contributed by atoms with E-state index in [1.165, 1.54) is 31.4 Å². The first-order valence-electron chi connectivity index (χ1n) is 7.28. The molecule has 2 N–H and O–H groups in total. The van der Waals surface area contributed by atoms with E-state index < -0.39 is 0 Å². The van der Waals surface area contributed by atoms with Crippen molar-refractivity contribution in [2.24, 2.45) is 5.73 Å². The maximum absolute atomic E-state index is 13.2. The number of ether oxygens (including phenoxy) is 1. The molecule has 0 radical (unpaired) electrons. The van der Waals surface area contributed by atoms with Crippen LogP contribution in [0, 0.1) is 5.82 Å². The molecule has 0 aliphatic carbocycles. The molecule has 1 aromatic carbocycles. The van der Waals surface area contributed by atoms with E-state index in [0.717, 1.165) is 30.6 Å². The molecule has 0 aromatic heterocycles. The first-order chi connectivity index (χ1) is 9.04. The molecular formula is C16H24FNO. The van der Waals surface area contributed by atoms with Crippen LogP contribution in [0.4, 0.5) is 4.39 Å². The lowest BCUT2D eigenvalue weighted by atomic mass is 9.85. The maximum atomic E-state index is 13.2. The highest BCUT2D eigenvalue weighted by Crippen LogP contribution is 2.40. The minimum Gasteiger partial charge on any atom is -0.487 e. The molecule has 0 fully saturated rings. The fourth-order valence-electron chi connectivity index (χ4n) is 2.86. The SMILES string of the molecule is CCCCCCC1(C)C[C@@H](N)c2cc(F)ccc2O1. The third-order valence-electron chi connectivity index (χ3n) is 3.94. The molecule has 1 aliphatic heterocycles. The second-order valence-electron chi connectivity index (χ2n) is 5.86. The number of unbranched alkanes of at least 4 members (excludes halogenated alkanes) is 3. The Morgan fingerprint density at radius 3 is 2.89 bits per heavy atom. The third kappa shape index (κ3) is 3.47. The Bertz CT molecular complexity index is 435. The summed E-state index contributed by atoms with van der Waals surface area (Å²) in [6, 6.07) is 4.51. The van der Waals surface area contributed by atoms with E-state index in [0.29, 0.717) is 0 Å². The summed E-state index contributed by atoms with van der Waals surface area (Å²) in [6.45, 7) is 4.32. The molecule has 0 amide bonds. The minimum absolute atomic E-state index is 0.129. The summed E-state index contributed by atoms with van der Waals surface area (Å²) in [6.07, 6.45) is 6.67. The van der Waals surface area contributed by atoms with Gasteiger partial charge < -0.3 is 10.5 Å². The topological polar surface area (TPSA) is 35.2 Å². The second kappa shape index (κ2) is 5.91. The van der Waals surface area contributed by atoms with Gasteiger partial charge in [-0.2, -0.15) is 0 Å². The Morgan fingerprint density at radius 2 is 2.16 bits per heavy atom. The molecule has 0 spiro atoms. The molecule has 106 valence electrons. The summed E-state index contributed by atoms with van der Waals surface area (Å²) < 4.78 is 19.3. The van der Waals surface area contributed by atoms with Crippen LogP contribution in [-0.4, -0.2) is 5.60 Å². The van der Waals surface area contributed by atoms with E-state index in [4.69, 9.17) is 10.5 Å². The number of nitrogens with two attached hydrogens (primary N) is 1. The fourth-order valence-corrected chi connectivity index (χ4v) is 2.86. The van der Waals surface area contributed by atoms with Crippen molar-refractivity contribution in [2.45, 2.75) is 64.0 Å². The zero-order valence-corrected chi connectivity index (χ0v) is 11.9. The van der Waals surface area contributed by atoms with Gasteiger partial charge in [0.1, 0.15) is 17.2 Å². The van der Waals surface area contributed by atoms with Crippen LogP contribution < -0.4 is 10.5 Å². The predicted molar refractivity (Wildman–Crippen MR) is 75.7 cm³/mol. The van der Waals surface area contributed by atoms with Gasteiger partial charge in [-0.1, -0.05) is 26.2 Å². The van der Waals surface area contributed by atoms with E-state index in [1.54, 1.807) is 6.07 Å². The lowest BCUT2D eigenvalue weighted by molar-refractivity contribution is 0.0428. The molecule has 2 nitrogen and oxygen atoms in total. The normalized spacial score (nSPS) is 25.8. The summed E-state index contributed by atoms with van der Waals surface area (Å²) in [4.78, 5) is 0. The fraction of sp³-hybridized carbons (Fsp3) is 0.625. The van der Waals surface area contributed by atoms with E-state index in [-0.39, 0.29) is 17.5 Å². The monoisotopic (exact) mass is 265 g/mol. The Hall–Kier alpha value is -1.09. The molecular weight excluding hydrogens is 241 g/mol. The van der Waals surface area contributed by atoms with Crippen molar-refractivity contribution < 1.29 is 9.13 Å². The number of benzene rings is 1. The first kappa shape index (κ1) is 14.3. The van der Waals surface area contributed by atoms with Gasteiger partial charge in [0.05, 0.1) is 0 Å². The van der Waals surface area contributed by atoms with Crippen molar-refractivity contribution in [1.29, 1.82) is 0 Å². The molecule has 0 saturated carbocycles. The summed E-state index contributed by atoms with van der Waals surface area (Å²) in [5, 5.41) is 0. The van der Waals surface area contributed by atoms with Gasteiger partial charge in [0.25, 0.3) is 0 Å². The van der Waals surface area contributed by atoms with Gasteiger partial charge in [-0.15, -0.1) is 0 Å². The molecule has 1 aromatic rings. The van der Waals surface area contributed by atoms with Gasteiger partial charge >= 0.3 is 0 Å². The van der Waals surface area contributed by atoms with Gasteiger partial charge in [-0.25, -0.2) is 4.39 Å². The molecule has 2 atom stereocenters. The van der Waals surface area contributed by atoms with Crippen molar-refractivity contribution in [3.63, 3.8) is 0 Å². The predicted octanol–water partition coefficient (Wildman–Crippen LogP) is 4.34. The smallest absolute Gasteiger partial charge is 0.125 e. The van der Waals surface area contributed by atoms with Gasteiger partial charge in [0, 0.05) is 18.0 Å². The quantitative estimate of drug-likeness (QED) is 0.804. The highest BCUT2D eigenvalue weighted by atomic mass is 19.1. The zero-order chi connectivity index (χ0) is 13.9. The summed E-state index contributed by atoms with van der Waals surface area (Å²) >= 11 is 0. The summed E-state index contributed by atoms with van der Waals surface area (Å²) in [7, 11) is 0. The molecule has 2 rings (SSSR count).